The third-order valence-corrected chi connectivity index (χ3v) is 7.56. The number of anilines is 1. The fourth-order valence-corrected chi connectivity index (χ4v) is 6.46. The first-order valence-electron chi connectivity index (χ1n) is 8.54. The Bertz CT molecular complexity index is 725. The molecule has 0 spiro atoms. The summed E-state index contributed by atoms with van der Waals surface area (Å²) < 4.78 is 0.738. The molecule has 0 atom stereocenters. The topological polar surface area (TPSA) is 23.6 Å². The Hall–Kier alpha value is -0.980. The lowest BCUT2D eigenvalue weighted by Gasteiger charge is -2.30. The summed E-state index contributed by atoms with van der Waals surface area (Å²) in [6, 6.07) is 8.65. The smallest absolute Gasteiger partial charge is 0.269 e. The zero-order valence-corrected chi connectivity index (χ0v) is 16.1. The van der Waals surface area contributed by atoms with E-state index in [-0.39, 0.29) is 5.91 Å². The lowest BCUT2D eigenvalue weighted by molar-refractivity contribution is -0.124. The van der Waals surface area contributed by atoms with E-state index in [0.29, 0.717) is 6.04 Å². The Morgan fingerprint density at radius 3 is 2.67 bits per heavy atom. The summed E-state index contributed by atoms with van der Waals surface area (Å²) in [6.45, 7) is 2.98. The number of hydrogen-bond acceptors (Lipinski definition) is 5. The molecule has 0 aromatic heterocycles. The molecule has 0 bridgehead atoms. The summed E-state index contributed by atoms with van der Waals surface area (Å²) in [5.74, 6) is 0.116. The van der Waals surface area contributed by atoms with Gasteiger partial charge in [0.15, 0.2) is 0 Å². The zero-order chi connectivity index (χ0) is 16.7. The minimum atomic E-state index is 0.116. The van der Waals surface area contributed by atoms with Gasteiger partial charge in [-0.15, -0.1) is 0 Å². The molecular weight excluding hydrogens is 356 g/mol. The molecule has 3 aliphatic rings. The molecule has 1 aromatic rings. The fourth-order valence-electron chi connectivity index (χ4n) is 3.68. The number of thiocarbonyl (C=S) groups is 1. The van der Waals surface area contributed by atoms with Crippen LogP contribution in [0.5, 0.6) is 0 Å². The third kappa shape index (κ3) is 2.68. The van der Waals surface area contributed by atoms with Gasteiger partial charge in [0.25, 0.3) is 5.91 Å². The van der Waals surface area contributed by atoms with Crippen molar-refractivity contribution in [2.75, 3.05) is 11.4 Å². The van der Waals surface area contributed by atoms with Crippen molar-refractivity contribution in [2.24, 2.45) is 0 Å². The average molecular weight is 377 g/mol. The SMILES string of the molecule is CCN1/C(=C2\SC(=S)N(C3CCCCC3)C2=O)Sc2ccccc21. The van der Waals surface area contributed by atoms with Crippen molar-refractivity contribution in [3.05, 3.63) is 34.2 Å². The van der Waals surface area contributed by atoms with Crippen LogP contribution in [-0.2, 0) is 4.79 Å². The molecule has 4 rings (SSSR count). The molecule has 0 radical (unpaired) electrons. The molecule has 1 amide bonds. The fraction of sp³-hybridized carbons (Fsp3) is 0.444. The molecule has 24 heavy (non-hydrogen) atoms. The number of rotatable bonds is 2. The minimum Gasteiger partial charge on any atom is -0.334 e. The van der Waals surface area contributed by atoms with Gasteiger partial charge in [-0.1, -0.05) is 67.1 Å². The van der Waals surface area contributed by atoms with Crippen molar-refractivity contribution in [1.29, 1.82) is 0 Å². The summed E-state index contributed by atoms with van der Waals surface area (Å²) in [7, 11) is 0. The average Bonchev–Trinajstić information content (AvgIpc) is 3.12. The summed E-state index contributed by atoms with van der Waals surface area (Å²) in [4.78, 5) is 19.3. The van der Waals surface area contributed by atoms with Gasteiger partial charge in [0, 0.05) is 17.5 Å². The van der Waals surface area contributed by atoms with Crippen molar-refractivity contribution in [1.82, 2.24) is 4.90 Å². The van der Waals surface area contributed by atoms with Crippen molar-refractivity contribution >= 4 is 51.7 Å². The Kier molecular flexibility index (Phi) is 4.62. The number of para-hydroxylation sites is 1. The molecule has 0 N–H and O–H groups in total. The molecule has 1 saturated carbocycles. The second-order valence-electron chi connectivity index (χ2n) is 6.28. The van der Waals surface area contributed by atoms with Crippen LogP contribution in [0.2, 0.25) is 0 Å². The quantitative estimate of drug-likeness (QED) is 0.535. The van der Waals surface area contributed by atoms with Gasteiger partial charge in [-0.25, -0.2) is 0 Å². The van der Waals surface area contributed by atoms with E-state index < -0.39 is 0 Å². The molecule has 3 nitrogen and oxygen atoms in total. The lowest BCUT2D eigenvalue weighted by atomic mass is 9.94. The highest BCUT2D eigenvalue weighted by atomic mass is 32.2. The Balaban J connectivity index is 1.68. The van der Waals surface area contributed by atoms with Crippen LogP contribution in [0, 0.1) is 0 Å². The number of nitrogens with zero attached hydrogens (tertiary/aromatic N) is 2. The first-order valence-corrected chi connectivity index (χ1v) is 10.6. The minimum absolute atomic E-state index is 0.116. The molecule has 1 aromatic carbocycles. The van der Waals surface area contributed by atoms with Crippen LogP contribution in [0.1, 0.15) is 39.0 Å². The molecule has 0 unspecified atom stereocenters. The molecule has 1 saturated heterocycles. The van der Waals surface area contributed by atoms with Gasteiger partial charge in [-0.2, -0.15) is 0 Å². The van der Waals surface area contributed by atoms with Gasteiger partial charge in [0.05, 0.1) is 5.69 Å². The number of amides is 1. The molecule has 2 aliphatic heterocycles. The second kappa shape index (κ2) is 6.73. The van der Waals surface area contributed by atoms with Crippen LogP contribution in [-0.4, -0.2) is 27.7 Å². The van der Waals surface area contributed by atoms with E-state index >= 15 is 0 Å². The third-order valence-electron chi connectivity index (χ3n) is 4.86. The van der Waals surface area contributed by atoms with Crippen LogP contribution < -0.4 is 4.90 Å². The van der Waals surface area contributed by atoms with E-state index in [2.05, 4.69) is 36.1 Å². The van der Waals surface area contributed by atoms with Crippen LogP contribution in [0.4, 0.5) is 5.69 Å². The number of carbonyl (C=O) groups is 1. The van der Waals surface area contributed by atoms with E-state index in [0.717, 1.165) is 33.6 Å². The van der Waals surface area contributed by atoms with Crippen molar-refractivity contribution in [3.8, 4) is 0 Å². The van der Waals surface area contributed by atoms with E-state index in [1.54, 1.807) is 11.8 Å². The van der Waals surface area contributed by atoms with Gasteiger partial charge >= 0.3 is 0 Å². The van der Waals surface area contributed by atoms with Gasteiger partial charge < -0.3 is 4.90 Å². The molecule has 2 heterocycles. The second-order valence-corrected chi connectivity index (χ2v) is 8.96. The van der Waals surface area contributed by atoms with Crippen LogP contribution in [0.3, 0.4) is 0 Å². The summed E-state index contributed by atoms with van der Waals surface area (Å²) >= 11 is 8.76. The Labute approximate surface area is 156 Å². The first-order chi connectivity index (χ1) is 11.7. The maximum atomic E-state index is 13.1. The number of hydrogen-bond donors (Lipinski definition) is 0. The van der Waals surface area contributed by atoms with E-state index in [4.69, 9.17) is 12.2 Å². The zero-order valence-electron chi connectivity index (χ0n) is 13.7. The molecular formula is C18H20N2OS3. The Morgan fingerprint density at radius 2 is 1.92 bits per heavy atom. The summed E-state index contributed by atoms with van der Waals surface area (Å²) in [5, 5.41) is 1.05. The van der Waals surface area contributed by atoms with Gasteiger partial charge in [0.1, 0.15) is 14.3 Å². The van der Waals surface area contributed by atoms with Gasteiger partial charge in [-0.3, -0.25) is 9.69 Å². The van der Waals surface area contributed by atoms with Crippen LogP contribution in [0.15, 0.2) is 39.1 Å². The highest BCUT2D eigenvalue weighted by Crippen LogP contribution is 2.51. The standard InChI is InChI=1S/C18H20N2OS3/c1-2-19-13-10-6-7-11-14(13)23-17(19)15-16(21)20(18(22)24-15)12-8-4-3-5-9-12/h6-7,10-12H,2-5,8-9H2,1H3/b17-15+. The number of thioether (sulfide) groups is 2. The largest absolute Gasteiger partial charge is 0.334 e. The summed E-state index contributed by atoms with van der Waals surface area (Å²) in [5.41, 5.74) is 1.20. The maximum absolute atomic E-state index is 13.1. The highest BCUT2D eigenvalue weighted by Gasteiger charge is 2.41. The predicted octanol–water partition coefficient (Wildman–Crippen LogP) is 4.98. The summed E-state index contributed by atoms with van der Waals surface area (Å²) in [6.07, 6.45) is 5.85. The van der Waals surface area contributed by atoms with Crippen molar-refractivity contribution in [2.45, 2.75) is 50.0 Å². The van der Waals surface area contributed by atoms with Crippen molar-refractivity contribution in [3.63, 3.8) is 0 Å². The van der Waals surface area contributed by atoms with E-state index in [9.17, 15) is 4.79 Å². The molecule has 126 valence electrons. The van der Waals surface area contributed by atoms with E-state index in [1.807, 2.05) is 4.90 Å². The van der Waals surface area contributed by atoms with E-state index in [1.165, 1.54) is 41.6 Å². The molecule has 2 fully saturated rings. The first kappa shape index (κ1) is 16.5. The molecule has 6 heteroatoms. The monoisotopic (exact) mass is 376 g/mol. The van der Waals surface area contributed by atoms with Gasteiger partial charge in [0.2, 0.25) is 0 Å². The Morgan fingerprint density at radius 1 is 1.17 bits per heavy atom. The lowest BCUT2D eigenvalue weighted by Crippen LogP contribution is -2.40. The van der Waals surface area contributed by atoms with Crippen LogP contribution >= 0.6 is 35.7 Å². The van der Waals surface area contributed by atoms with Gasteiger partial charge in [-0.05, 0) is 31.9 Å². The normalized spacial score (nSPS) is 24.9. The predicted molar refractivity (Wildman–Crippen MR) is 106 cm³/mol. The number of fused-ring (bicyclic) bond motifs is 1. The highest BCUT2D eigenvalue weighted by molar-refractivity contribution is 8.27. The number of benzene rings is 1. The number of carbonyl (C=O) groups excluding carboxylic acids is 1. The van der Waals surface area contributed by atoms with Crippen LogP contribution in [0.25, 0.3) is 0 Å². The van der Waals surface area contributed by atoms with Crippen molar-refractivity contribution < 1.29 is 4.79 Å². The molecule has 1 aliphatic carbocycles. The maximum Gasteiger partial charge on any atom is 0.269 e.